The molecule has 0 radical (unpaired) electrons. The minimum absolute atomic E-state index is 0.351. The van der Waals surface area contributed by atoms with Crippen LogP contribution in [0.4, 0.5) is 0 Å². The molecular formula is C19H26O3. The molecule has 0 bridgehead atoms. The van der Waals surface area contributed by atoms with Crippen molar-refractivity contribution in [3.63, 3.8) is 0 Å². The van der Waals surface area contributed by atoms with Gasteiger partial charge in [-0.3, -0.25) is 0 Å². The van der Waals surface area contributed by atoms with Gasteiger partial charge in [0.2, 0.25) is 5.79 Å². The molecule has 0 aliphatic carbocycles. The van der Waals surface area contributed by atoms with Crippen LogP contribution in [-0.4, -0.2) is 18.9 Å². The number of cyclic esters (lactones) is 1. The molecule has 0 aromatic carbocycles. The van der Waals surface area contributed by atoms with Gasteiger partial charge in [-0.2, -0.15) is 0 Å². The van der Waals surface area contributed by atoms with Gasteiger partial charge in [-0.05, 0) is 31.8 Å². The summed E-state index contributed by atoms with van der Waals surface area (Å²) in [5.74, 6) is -1.26. The van der Waals surface area contributed by atoms with Gasteiger partial charge in [0.05, 0.1) is 0 Å². The molecule has 1 aliphatic rings. The van der Waals surface area contributed by atoms with Crippen LogP contribution in [0.3, 0.4) is 0 Å². The Hall–Kier alpha value is -1.87. The average Bonchev–Trinajstić information content (AvgIpc) is 2.90. The number of methoxy groups -OCH3 is 1. The number of ether oxygens (including phenoxy) is 2. The minimum Gasteiger partial charge on any atom is -0.426 e. The van der Waals surface area contributed by atoms with Crippen LogP contribution >= 0.6 is 0 Å². The Bertz CT molecular complexity index is 469. The molecule has 3 nitrogen and oxygen atoms in total. The van der Waals surface area contributed by atoms with Crippen molar-refractivity contribution in [2.24, 2.45) is 0 Å². The van der Waals surface area contributed by atoms with Gasteiger partial charge in [0, 0.05) is 19.6 Å². The molecule has 1 atom stereocenters. The van der Waals surface area contributed by atoms with Crippen LogP contribution in [0.5, 0.6) is 0 Å². The van der Waals surface area contributed by atoms with Crippen molar-refractivity contribution < 1.29 is 14.3 Å². The molecule has 0 aromatic heterocycles. The molecule has 1 rings (SSSR count). The van der Waals surface area contributed by atoms with Gasteiger partial charge in [-0.25, -0.2) is 4.79 Å². The van der Waals surface area contributed by atoms with E-state index in [2.05, 4.69) is 43.4 Å². The second-order valence-corrected chi connectivity index (χ2v) is 4.98. The number of allylic oxidation sites excluding steroid dienone is 7. The van der Waals surface area contributed by atoms with E-state index in [1.165, 1.54) is 6.08 Å². The third kappa shape index (κ3) is 7.23. The van der Waals surface area contributed by atoms with Gasteiger partial charge >= 0.3 is 5.97 Å². The lowest BCUT2D eigenvalue weighted by Crippen LogP contribution is -2.29. The van der Waals surface area contributed by atoms with Crippen molar-refractivity contribution in [1.29, 1.82) is 0 Å². The number of carbonyl (C=O) groups excluding carboxylic acids is 1. The predicted molar refractivity (Wildman–Crippen MR) is 90.3 cm³/mol. The smallest absolute Gasteiger partial charge is 0.333 e. The quantitative estimate of drug-likeness (QED) is 0.436. The van der Waals surface area contributed by atoms with Crippen LogP contribution in [0.2, 0.25) is 0 Å². The van der Waals surface area contributed by atoms with E-state index in [1.54, 1.807) is 13.2 Å². The molecule has 0 N–H and O–H groups in total. The van der Waals surface area contributed by atoms with E-state index in [0.717, 1.165) is 25.7 Å². The van der Waals surface area contributed by atoms with Gasteiger partial charge in [-0.1, -0.05) is 55.5 Å². The SMILES string of the molecule is CCC=CCC=CCC=CCC=CC[C@]1(OC)C=CC(=O)O1. The summed E-state index contributed by atoms with van der Waals surface area (Å²) in [7, 11) is 1.54. The summed E-state index contributed by atoms with van der Waals surface area (Å²) in [5.41, 5.74) is 0. The molecule has 0 spiro atoms. The second kappa shape index (κ2) is 10.8. The Morgan fingerprint density at radius 3 is 2.00 bits per heavy atom. The highest BCUT2D eigenvalue weighted by molar-refractivity contribution is 5.84. The van der Waals surface area contributed by atoms with Crippen LogP contribution < -0.4 is 0 Å². The lowest BCUT2D eigenvalue weighted by atomic mass is 10.1. The lowest BCUT2D eigenvalue weighted by molar-refractivity contribution is -0.186. The molecule has 0 saturated heterocycles. The Balaban J connectivity index is 2.16. The number of hydrogen-bond donors (Lipinski definition) is 0. The highest BCUT2D eigenvalue weighted by Gasteiger charge is 2.34. The molecular weight excluding hydrogens is 276 g/mol. The van der Waals surface area contributed by atoms with Crippen LogP contribution in [-0.2, 0) is 14.3 Å². The van der Waals surface area contributed by atoms with Crippen molar-refractivity contribution in [2.75, 3.05) is 7.11 Å². The number of rotatable bonds is 10. The third-order valence-electron chi connectivity index (χ3n) is 3.21. The largest absolute Gasteiger partial charge is 0.426 e. The summed E-state index contributed by atoms with van der Waals surface area (Å²) in [4.78, 5) is 11.1. The van der Waals surface area contributed by atoms with Gasteiger partial charge in [0.1, 0.15) is 0 Å². The Morgan fingerprint density at radius 2 is 1.55 bits per heavy atom. The zero-order valence-electron chi connectivity index (χ0n) is 13.5. The summed E-state index contributed by atoms with van der Waals surface area (Å²) in [6, 6.07) is 0. The zero-order valence-corrected chi connectivity index (χ0v) is 13.5. The molecule has 0 amide bonds. The van der Waals surface area contributed by atoms with E-state index in [9.17, 15) is 4.79 Å². The van der Waals surface area contributed by atoms with Crippen LogP contribution in [0.1, 0.15) is 39.0 Å². The molecule has 120 valence electrons. The first-order valence-corrected chi connectivity index (χ1v) is 7.80. The van der Waals surface area contributed by atoms with Gasteiger partial charge in [0.25, 0.3) is 0 Å². The van der Waals surface area contributed by atoms with E-state index >= 15 is 0 Å². The van der Waals surface area contributed by atoms with Crippen molar-refractivity contribution in [3.05, 3.63) is 60.8 Å². The van der Waals surface area contributed by atoms with Gasteiger partial charge in [-0.15, -0.1) is 0 Å². The molecule has 0 saturated carbocycles. The highest BCUT2D eigenvalue weighted by atomic mass is 16.7. The number of esters is 1. The lowest BCUT2D eigenvalue weighted by Gasteiger charge is -2.22. The molecule has 1 heterocycles. The van der Waals surface area contributed by atoms with Crippen molar-refractivity contribution >= 4 is 5.97 Å². The predicted octanol–water partition coefficient (Wildman–Crippen LogP) is 4.64. The molecule has 0 unspecified atom stereocenters. The molecule has 0 fully saturated rings. The minimum atomic E-state index is -0.911. The molecule has 1 aliphatic heterocycles. The average molecular weight is 302 g/mol. The summed E-state index contributed by atoms with van der Waals surface area (Å²) < 4.78 is 10.4. The van der Waals surface area contributed by atoms with E-state index in [4.69, 9.17) is 9.47 Å². The van der Waals surface area contributed by atoms with Crippen molar-refractivity contribution in [2.45, 2.75) is 44.8 Å². The van der Waals surface area contributed by atoms with E-state index < -0.39 is 5.79 Å². The highest BCUT2D eigenvalue weighted by Crippen LogP contribution is 2.25. The van der Waals surface area contributed by atoms with E-state index in [-0.39, 0.29) is 5.97 Å². The fourth-order valence-electron chi connectivity index (χ4n) is 1.96. The maximum Gasteiger partial charge on any atom is 0.333 e. The van der Waals surface area contributed by atoms with Crippen molar-refractivity contribution in [1.82, 2.24) is 0 Å². The van der Waals surface area contributed by atoms with Gasteiger partial charge in [0.15, 0.2) is 0 Å². The molecule has 0 aromatic rings. The van der Waals surface area contributed by atoms with Crippen LogP contribution in [0.15, 0.2) is 60.8 Å². The Kier molecular flexibility index (Phi) is 8.92. The second-order valence-electron chi connectivity index (χ2n) is 4.98. The number of carbonyl (C=O) groups is 1. The van der Waals surface area contributed by atoms with E-state index in [0.29, 0.717) is 6.42 Å². The third-order valence-corrected chi connectivity index (χ3v) is 3.21. The summed E-state index contributed by atoms with van der Waals surface area (Å²) in [5, 5.41) is 0. The number of hydrogen-bond acceptors (Lipinski definition) is 3. The summed E-state index contributed by atoms with van der Waals surface area (Å²) in [6.07, 6.45) is 24.5. The first kappa shape index (κ1) is 18.2. The van der Waals surface area contributed by atoms with E-state index in [1.807, 2.05) is 12.2 Å². The van der Waals surface area contributed by atoms with Crippen molar-refractivity contribution in [3.8, 4) is 0 Å². The standard InChI is InChI=1S/C19H26O3/c1-3-4-5-6-7-8-9-10-11-12-13-14-16-19(21-2)17-15-18(20)22-19/h4-5,7-8,10-11,13-15,17H,3,6,9,12,16H2,1-2H3/t19-/m1/s1. The molecule has 22 heavy (non-hydrogen) atoms. The Labute approximate surface area is 133 Å². The fourth-order valence-corrected chi connectivity index (χ4v) is 1.96. The van der Waals surface area contributed by atoms with Crippen LogP contribution in [0.25, 0.3) is 0 Å². The van der Waals surface area contributed by atoms with Crippen LogP contribution in [0, 0.1) is 0 Å². The maximum absolute atomic E-state index is 11.1. The normalized spacial score (nSPS) is 22.0. The zero-order chi connectivity index (χ0) is 16.1. The first-order valence-electron chi connectivity index (χ1n) is 7.80. The molecule has 3 heteroatoms. The summed E-state index contributed by atoms with van der Waals surface area (Å²) >= 11 is 0. The monoisotopic (exact) mass is 302 g/mol. The summed E-state index contributed by atoms with van der Waals surface area (Å²) in [6.45, 7) is 2.14. The fraction of sp³-hybridized carbons (Fsp3) is 0.421. The maximum atomic E-state index is 11.1. The Morgan fingerprint density at radius 1 is 1.00 bits per heavy atom. The van der Waals surface area contributed by atoms with Gasteiger partial charge < -0.3 is 9.47 Å². The topological polar surface area (TPSA) is 35.5 Å². The first-order chi connectivity index (χ1) is 10.7.